The lowest BCUT2D eigenvalue weighted by Crippen LogP contribution is -1.92. The van der Waals surface area contributed by atoms with E-state index in [1.807, 2.05) is 36.5 Å². The van der Waals surface area contributed by atoms with Crippen LogP contribution in [0.25, 0.3) is 82.3 Å². The second-order valence-corrected chi connectivity index (χ2v) is 12.6. The summed E-state index contributed by atoms with van der Waals surface area (Å²) in [4.78, 5) is 9.07. The zero-order valence-corrected chi connectivity index (χ0v) is 27.0. The van der Waals surface area contributed by atoms with Crippen molar-refractivity contribution in [3.8, 4) is 16.8 Å². The molecule has 0 aliphatic rings. The quantitative estimate of drug-likeness (QED) is 0.169. The van der Waals surface area contributed by atoms with Crippen molar-refractivity contribution in [1.29, 1.82) is 0 Å². The molecule has 0 radical (unpaired) electrons. The summed E-state index contributed by atoms with van der Waals surface area (Å²) in [6.45, 7) is 3.74. The van der Waals surface area contributed by atoms with E-state index in [9.17, 15) is 0 Å². The topological polar surface area (TPSA) is 55.9 Å². The van der Waals surface area contributed by atoms with Crippen molar-refractivity contribution in [2.24, 2.45) is 9.98 Å². The van der Waals surface area contributed by atoms with E-state index in [4.69, 9.17) is 13.8 Å². The Morgan fingerprint density at radius 3 is 2.22 bits per heavy atom. The van der Waals surface area contributed by atoms with Gasteiger partial charge in [0.15, 0.2) is 0 Å². The van der Waals surface area contributed by atoms with E-state index in [0.29, 0.717) is 18.0 Å². The van der Waals surface area contributed by atoms with Crippen LogP contribution < -0.4 is 0 Å². The molecule has 236 valence electrons. The molecule has 0 bridgehead atoms. The van der Waals surface area contributed by atoms with Crippen LogP contribution in [-0.2, 0) is 6.42 Å². The monoisotopic (exact) mass is 643 g/mol. The summed E-state index contributed by atoms with van der Waals surface area (Å²) in [6, 6.07) is 51.0. The molecule has 0 unspecified atom stereocenters. The minimum atomic E-state index is 0.426. The van der Waals surface area contributed by atoms with E-state index in [-0.39, 0.29) is 0 Å². The second-order valence-electron chi connectivity index (χ2n) is 12.6. The first-order valence-electron chi connectivity index (χ1n) is 16.7. The van der Waals surface area contributed by atoms with Gasteiger partial charge in [-0.05, 0) is 88.8 Å². The van der Waals surface area contributed by atoms with Crippen molar-refractivity contribution in [3.63, 3.8) is 0 Å². The van der Waals surface area contributed by atoms with E-state index in [1.54, 1.807) is 0 Å². The van der Waals surface area contributed by atoms with Crippen LogP contribution in [-0.4, -0.2) is 17.5 Å². The highest BCUT2D eigenvalue weighted by Gasteiger charge is 2.17. The normalized spacial score (nSPS) is 12.1. The molecule has 0 atom stereocenters. The molecule has 0 amide bonds. The lowest BCUT2D eigenvalue weighted by Gasteiger charge is -2.08. The van der Waals surface area contributed by atoms with Gasteiger partial charge in [0.1, 0.15) is 22.4 Å². The van der Waals surface area contributed by atoms with Gasteiger partial charge in [-0.15, -0.1) is 0 Å². The van der Waals surface area contributed by atoms with Crippen LogP contribution in [0.5, 0.6) is 0 Å². The molecule has 5 nitrogen and oxygen atoms in total. The van der Waals surface area contributed by atoms with Gasteiger partial charge < -0.3 is 13.4 Å². The summed E-state index contributed by atoms with van der Waals surface area (Å²) in [7, 11) is 0. The number of hydrogen-bond acceptors (Lipinski definition) is 4. The third-order valence-corrected chi connectivity index (χ3v) is 9.82. The van der Waals surface area contributed by atoms with Crippen molar-refractivity contribution < 1.29 is 8.83 Å². The maximum Gasteiger partial charge on any atom is 0.245 e. The van der Waals surface area contributed by atoms with Gasteiger partial charge in [-0.2, -0.15) is 0 Å². The summed E-state index contributed by atoms with van der Waals surface area (Å²) in [6.07, 6.45) is 2.55. The van der Waals surface area contributed by atoms with Crippen molar-refractivity contribution in [2.75, 3.05) is 0 Å². The molecule has 10 aromatic rings. The summed E-state index contributed by atoms with van der Waals surface area (Å²) < 4.78 is 14.9. The van der Waals surface area contributed by atoms with E-state index < -0.39 is 0 Å². The number of furan rings is 2. The Labute approximate surface area is 287 Å². The highest BCUT2D eigenvalue weighted by molar-refractivity contribution is 6.15. The zero-order valence-electron chi connectivity index (χ0n) is 27.0. The number of rotatable bonds is 6. The third-order valence-electron chi connectivity index (χ3n) is 9.82. The number of hydrogen-bond donors (Lipinski definition) is 0. The highest BCUT2D eigenvalue weighted by Crippen LogP contribution is 2.43. The summed E-state index contributed by atoms with van der Waals surface area (Å²) in [5.41, 5.74) is 10.1. The molecular weight excluding hydrogens is 615 g/mol. The Hall–Kier alpha value is -6.72. The minimum Gasteiger partial charge on any atom is -0.456 e. The second kappa shape index (κ2) is 11.2. The van der Waals surface area contributed by atoms with Crippen LogP contribution in [0.2, 0.25) is 0 Å². The Morgan fingerprint density at radius 1 is 0.560 bits per heavy atom. The van der Waals surface area contributed by atoms with Crippen LogP contribution in [0, 0.1) is 0 Å². The minimum absolute atomic E-state index is 0.426. The molecule has 5 heteroatoms. The molecule has 0 spiro atoms. The van der Waals surface area contributed by atoms with Gasteiger partial charge >= 0.3 is 0 Å². The lowest BCUT2D eigenvalue weighted by atomic mass is 9.99. The molecule has 0 aliphatic carbocycles. The summed E-state index contributed by atoms with van der Waals surface area (Å²) in [5, 5.41) is 7.80. The van der Waals surface area contributed by atoms with Gasteiger partial charge in [0.25, 0.3) is 0 Å². The first-order chi connectivity index (χ1) is 24.7. The van der Waals surface area contributed by atoms with Crippen LogP contribution >= 0.6 is 0 Å². The van der Waals surface area contributed by atoms with Crippen molar-refractivity contribution >= 4 is 90.0 Å². The maximum atomic E-state index is 6.48. The van der Waals surface area contributed by atoms with E-state index in [1.165, 1.54) is 21.8 Å². The van der Waals surface area contributed by atoms with Gasteiger partial charge in [0.2, 0.25) is 5.88 Å². The van der Waals surface area contributed by atoms with Gasteiger partial charge in [-0.3, -0.25) is 4.99 Å². The molecule has 50 heavy (non-hydrogen) atoms. The fourth-order valence-corrected chi connectivity index (χ4v) is 7.56. The average molecular weight is 644 g/mol. The van der Waals surface area contributed by atoms with Crippen LogP contribution in [0.1, 0.15) is 5.56 Å². The van der Waals surface area contributed by atoms with Gasteiger partial charge in [0.05, 0.1) is 16.4 Å². The molecule has 3 heterocycles. The predicted octanol–water partition coefficient (Wildman–Crippen LogP) is 12.5. The predicted molar refractivity (Wildman–Crippen MR) is 208 cm³/mol. The summed E-state index contributed by atoms with van der Waals surface area (Å²) in [5.74, 6) is 0.426. The smallest absolute Gasteiger partial charge is 0.245 e. The van der Waals surface area contributed by atoms with Crippen molar-refractivity contribution in [2.45, 2.75) is 6.42 Å². The van der Waals surface area contributed by atoms with Crippen LogP contribution in [0.4, 0.5) is 11.6 Å². The summed E-state index contributed by atoms with van der Waals surface area (Å²) >= 11 is 0. The van der Waals surface area contributed by atoms with E-state index in [0.717, 1.165) is 66.1 Å². The average Bonchev–Trinajstić information content (AvgIpc) is 3.84. The van der Waals surface area contributed by atoms with Crippen molar-refractivity contribution in [1.82, 2.24) is 4.57 Å². The third kappa shape index (κ3) is 4.34. The molecule has 0 N–H and O–H groups in total. The van der Waals surface area contributed by atoms with Crippen LogP contribution in [0.15, 0.2) is 164 Å². The zero-order chi connectivity index (χ0) is 33.2. The molecule has 0 saturated heterocycles. The largest absolute Gasteiger partial charge is 0.456 e. The number of benzene rings is 7. The van der Waals surface area contributed by atoms with Crippen molar-refractivity contribution in [3.05, 3.63) is 151 Å². The number of aromatic nitrogens is 1. The number of aliphatic imine (C=N–C) groups is 2. The number of nitrogens with zero attached hydrogens (tertiary/aromatic N) is 3. The standard InChI is InChI=1S/C45H29N3O2/c1-46-45-44(43-33-14-6-5-10-28(33)20-23-40(43)50-45)47-25-24-29-11-9-17-39-42(29)35-21-18-31(27-41(35)49-39)30-19-22-38-36(26-30)34-15-7-8-16-37(34)48(38)32-12-3-2-4-13-32/h2-23,25-27H,1,24H2. The van der Waals surface area contributed by atoms with Gasteiger partial charge in [-0.25, -0.2) is 4.99 Å². The molecule has 7 aromatic carbocycles. The first-order valence-corrected chi connectivity index (χ1v) is 16.7. The lowest BCUT2D eigenvalue weighted by molar-refractivity contribution is 0.627. The number of para-hydroxylation sites is 2. The molecule has 3 aromatic heterocycles. The molecular formula is C45H29N3O2. The van der Waals surface area contributed by atoms with E-state index >= 15 is 0 Å². The fourth-order valence-electron chi connectivity index (χ4n) is 7.56. The van der Waals surface area contributed by atoms with Crippen LogP contribution in [0.3, 0.4) is 0 Å². The molecule has 0 fully saturated rings. The Balaban J connectivity index is 1.03. The van der Waals surface area contributed by atoms with Gasteiger partial charge in [0, 0.05) is 39.9 Å². The SMILES string of the molecule is C=Nc1oc2ccc3ccccc3c2c1N=CCc1cccc2oc3cc(-c4ccc5c(c4)c4ccccc4n5-c4ccccc4)ccc3c12. The Bertz CT molecular complexity index is 2980. The number of fused-ring (bicyclic) bond motifs is 9. The first kappa shape index (κ1) is 28.3. The maximum absolute atomic E-state index is 6.48. The Morgan fingerprint density at radius 2 is 1.32 bits per heavy atom. The fraction of sp³-hybridized carbons (Fsp3) is 0.0222. The molecule has 0 saturated carbocycles. The Kier molecular flexibility index (Phi) is 6.33. The van der Waals surface area contributed by atoms with E-state index in [2.05, 4.69) is 132 Å². The molecule has 0 aliphatic heterocycles. The van der Waals surface area contributed by atoms with Gasteiger partial charge in [-0.1, -0.05) is 91.0 Å². The highest BCUT2D eigenvalue weighted by atomic mass is 16.3. The molecule has 10 rings (SSSR count).